The molecule has 0 fully saturated rings. The van der Waals surface area contributed by atoms with Gasteiger partial charge in [-0.3, -0.25) is 9.59 Å². The third kappa shape index (κ3) is 4.46. The van der Waals surface area contributed by atoms with E-state index in [-0.39, 0.29) is 6.54 Å². The van der Waals surface area contributed by atoms with E-state index < -0.39 is 23.8 Å². The Hall–Kier alpha value is -1.72. The van der Waals surface area contributed by atoms with Crippen molar-refractivity contribution in [1.29, 1.82) is 0 Å². The number of rotatable bonds is 6. The number of benzene rings is 1. The van der Waals surface area contributed by atoms with E-state index >= 15 is 0 Å². The van der Waals surface area contributed by atoms with Gasteiger partial charge in [-0.15, -0.1) is 0 Å². The number of aliphatic carboxylic acids is 1. The molecule has 104 valence electrons. The van der Waals surface area contributed by atoms with Crippen molar-refractivity contribution in [1.82, 2.24) is 0 Å². The van der Waals surface area contributed by atoms with Crippen LogP contribution < -0.4 is 0 Å². The average Bonchev–Trinajstić information content (AvgIpc) is 2.27. The van der Waals surface area contributed by atoms with E-state index in [0.29, 0.717) is 10.0 Å². The van der Waals surface area contributed by atoms with Gasteiger partial charge in [0.15, 0.2) is 11.7 Å². The number of quaternary nitrogens is 1. The number of carboxylic acids is 1. The number of carboxylic acid groups (broad SMARTS) is 1. The topological polar surface area (TPSA) is 74.6 Å². The molecule has 1 rings (SSSR count). The Morgan fingerprint density at radius 3 is 2.11 bits per heavy atom. The zero-order chi connectivity index (χ0) is 14.6. The van der Waals surface area contributed by atoms with Gasteiger partial charge in [-0.2, -0.15) is 0 Å². The highest BCUT2D eigenvalue weighted by Crippen LogP contribution is 2.15. The van der Waals surface area contributed by atoms with Crippen molar-refractivity contribution in [3.63, 3.8) is 0 Å². The highest BCUT2D eigenvalue weighted by atomic mass is 16.4. The summed E-state index contributed by atoms with van der Waals surface area (Å²) in [5.74, 6) is -3.29. The first-order valence-corrected chi connectivity index (χ1v) is 6.03. The maximum Gasteiger partial charge on any atom is 0.317 e. The van der Waals surface area contributed by atoms with Gasteiger partial charge >= 0.3 is 5.97 Å². The lowest BCUT2D eigenvalue weighted by atomic mass is 9.92. The molecule has 5 nitrogen and oxygen atoms in total. The summed E-state index contributed by atoms with van der Waals surface area (Å²) in [5.41, 5.74) is 0.301. The minimum atomic E-state index is -1.43. The molecule has 0 bridgehead atoms. The van der Waals surface area contributed by atoms with Gasteiger partial charge in [0.1, 0.15) is 12.6 Å². The Morgan fingerprint density at radius 2 is 1.68 bits per heavy atom. The molecule has 0 heterocycles. The first-order chi connectivity index (χ1) is 8.72. The van der Waals surface area contributed by atoms with Crippen molar-refractivity contribution in [2.24, 2.45) is 5.92 Å². The molecule has 0 aliphatic rings. The number of nitrogens with zero attached hydrogens (tertiary/aromatic N) is 1. The molecule has 1 aromatic rings. The Morgan fingerprint density at radius 1 is 1.16 bits per heavy atom. The number of hydrogen-bond acceptors (Lipinski definition) is 3. The standard InChI is InChI=1S/C14H19NO4/c1-15(2,3)9-11(16)12(14(18)19)13(17)10-7-5-4-6-8-10/h4-8,11-12,16H,9H2,1-3H3/p+1. The van der Waals surface area contributed by atoms with E-state index in [4.69, 9.17) is 0 Å². The normalized spacial score (nSPS) is 14.7. The first-order valence-electron chi connectivity index (χ1n) is 6.03. The maximum absolute atomic E-state index is 12.2. The van der Waals surface area contributed by atoms with E-state index in [2.05, 4.69) is 0 Å². The van der Waals surface area contributed by atoms with Gasteiger partial charge in [0.25, 0.3) is 0 Å². The zero-order valence-electron chi connectivity index (χ0n) is 11.4. The molecule has 0 radical (unpaired) electrons. The van der Waals surface area contributed by atoms with Crippen LogP contribution in [0.25, 0.3) is 0 Å². The van der Waals surface area contributed by atoms with Gasteiger partial charge < -0.3 is 14.7 Å². The van der Waals surface area contributed by atoms with Crippen LogP contribution in [-0.2, 0) is 4.79 Å². The number of hydrogen-bond donors (Lipinski definition) is 2. The SMILES string of the molecule is C[N+](C)(C)CC(O)C(C(=O)O)C(=O)c1ccccc1. The molecule has 2 atom stereocenters. The van der Waals surface area contributed by atoms with Crippen LogP contribution in [0.3, 0.4) is 0 Å². The summed E-state index contributed by atoms with van der Waals surface area (Å²) in [4.78, 5) is 23.4. The van der Waals surface area contributed by atoms with Gasteiger partial charge in [-0.25, -0.2) is 0 Å². The van der Waals surface area contributed by atoms with E-state index in [1.165, 1.54) is 0 Å². The van der Waals surface area contributed by atoms with Crippen molar-refractivity contribution in [2.75, 3.05) is 27.7 Å². The van der Waals surface area contributed by atoms with Crippen molar-refractivity contribution in [2.45, 2.75) is 6.10 Å². The van der Waals surface area contributed by atoms with Crippen LogP contribution in [0.5, 0.6) is 0 Å². The van der Waals surface area contributed by atoms with Crippen molar-refractivity contribution in [3.8, 4) is 0 Å². The predicted molar refractivity (Wildman–Crippen MR) is 70.8 cm³/mol. The molecular weight excluding hydrogens is 246 g/mol. The lowest BCUT2D eigenvalue weighted by Crippen LogP contribution is -2.48. The first kappa shape index (κ1) is 15.3. The molecule has 0 saturated heterocycles. The number of aliphatic hydroxyl groups is 1. The fourth-order valence-electron chi connectivity index (χ4n) is 1.90. The summed E-state index contributed by atoms with van der Waals surface area (Å²) in [6.07, 6.45) is -1.22. The molecule has 0 aromatic heterocycles. The highest BCUT2D eigenvalue weighted by Gasteiger charge is 2.37. The third-order valence-corrected chi connectivity index (χ3v) is 2.73. The second-order valence-corrected chi connectivity index (χ2v) is 5.59. The lowest BCUT2D eigenvalue weighted by Gasteiger charge is -2.28. The number of Topliss-reactive ketones (excluding diaryl/α,β-unsaturated/α-hetero) is 1. The molecular formula is C14H20NO4+. The van der Waals surface area contributed by atoms with Crippen molar-refractivity contribution in [3.05, 3.63) is 35.9 Å². The van der Waals surface area contributed by atoms with Crippen LogP contribution in [0.4, 0.5) is 0 Å². The molecule has 2 N–H and O–H groups in total. The van der Waals surface area contributed by atoms with Crippen LogP contribution in [0.2, 0.25) is 0 Å². The minimum Gasteiger partial charge on any atom is -0.481 e. The van der Waals surface area contributed by atoms with Crippen LogP contribution >= 0.6 is 0 Å². The molecule has 19 heavy (non-hydrogen) atoms. The van der Waals surface area contributed by atoms with Gasteiger partial charge in [-0.1, -0.05) is 30.3 Å². The van der Waals surface area contributed by atoms with Crippen molar-refractivity contribution >= 4 is 11.8 Å². The maximum atomic E-state index is 12.2. The van der Waals surface area contributed by atoms with Gasteiger partial charge in [0.05, 0.1) is 21.1 Å². The highest BCUT2D eigenvalue weighted by molar-refractivity contribution is 6.08. The van der Waals surface area contributed by atoms with E-state index in [0.717, 1.165) is 0 Å². The average molecular weight is 266 g/mol. The van der Waals surface area contributed by atoms with Crippen LogP contribution in [0.15, 0.2) is 30.3 Å². The second kappa shape index (κ2) is 5.95. The number of ketones is 1. The Labute approximate surface area is 112 Å². The predicted octanol–water partition coefficient (Wildman–Crippen LogP) is 0.637. The van der Waals surface area contributed by atoms with E-state index in [1.54, 1.807) is 30.3 Å². The monoisotopic (exact) mass is 266 g/mol. The number of aliphatic hydroxyl groups excluding tert-OH is 1. The summed E-state index contributed by atoms with van der Waals surface area (Å²) >= 11 is 0. The summed E-state index contributed by atoms with van der Waals surface area (Å²) in [5, 5.41) is 19.2. The lowest BCUT2D eigenvalue weighted by molar-refractivity contribution is -0.873. The Kier molecular flexibility index (Phi) is 4.80. The van der Waals surface area contributed by atoms with Crippen molar-refractivity contribution < 1.29 is 24.3 Å². The number of carbonyl (C=O) groups is 2. The van der Waals surface area contributed by atoms with E-state index in [9.17, 15) is 19.8 Å². The summed E-state index contributed by atoms with van der Waals surface area (Å²) in [6.45, 7) is 0.190. The van der Waals surface area contributed by atoms with Gasteiger partial charge in [0, 0.05) is 5.56 Å². The second-order valence-electron chi connectivity index (χ2n) is 5.59. The zero-order valence-corrected chi connectivity index (χ0v) is 11.4. The quantitative estimate of drug-likeness (QED) is 0.450. The third-order valence-electron chi connectivity index (χ3n) is 2.73. The van der Waals surface area contributed by atoms with Gasteiger partial charge in [0.2, 0.25) is 0 Å². The molecule has 5 heteroatoms. The Bertz CT molecular complexity index is 450. The van der Waals surface area contributed by atoms with Gasteiger partial charge in [-0.05, 0) is 0 Å². The van der Waals surface area contributed by atoms with Crippen LogP contribution in [0, 0.1) is 5.92 Å². The molecule has 0 saturated carbocycles. The molecule has 2 unspecified atom stereocenters. The fourth-order valence-corrected chi connectivity index (χ4v) is 1.90. The summed E-state index contributed by atoms with van der Waals surface area (Å²) < 4.78 is 0.382. The number of carbonyl (C=O) groups excluding carboxylic acids is 1. The fraction of sp³-hybridized carbons (Fsp3) is 0.429. The number of likely N-dealkylation sites (N-methyl/N-ethyl adjacent to an activating group) is 1. The van der Waals surface area contributed by atoms with E-state index in [1.807, 2.05) is 21.1 Å². The molecule has 0 spiro atoms. The van der Waals surface area contributed by atoms with Crippen LogP contribution in [0.1, 0.15) is 10.4 Å². The largest absolute Gasteiger partial charge is 0.481 e. The minimum absolute atomic E-state index is 0.190. The molecule has 0 aliphatic heterocycles. The summed E-state index contributed by atoms with van der Waals surface area (Å²) in [6, 6.07) is 8.18. The molecule has 0 amide bonds. The summed E-state index contributed by atoms with van der Waals surface area (Å²) in [7, 11) is 5.49. The molecule has 1 aromatic carbocycles. The smallest absolute Gasteiger partial charge is 0.317 e. The Balaban J connectivity index is 2.96. The van der Waals surface area contributed by atoms with Crippen LogP contribution in [-0.4, -0.2) is 60.2 Å². The molecule has 0 aliphatic carbocycles.